The fraction of sp³-hybridized carbons (Fsp3) is 0.818. The third-order valence-corrected chi connectivity index (χ3v) is 2.99. The molecule has 0 saturated heterocycles. The van der Waals surface area contributed by atoms with E-state index in [2.05, 4.69) is 10.6 Å². The summed E-state index contributed by atoms with van der Waals surface area (Å²) in [5, 5.41) is 14.5. The number of aliphatic hydroxyl groups is 1. The Morgan fingerprint density at radius 2 is 2.00 bits per heavy atom. The van der Waals surface area contributed by atoms with Gasteiger partial charge in [0.25, 0.3) is 0 Å². The van der Waals surface area contributed by atoms with Crippen LogP contribution in [-0.2, 0) is 9.59 Å². The molecule has 0 aromatic heterocycles. The summed E-state index contributed by atoms with van der Waals surface area (Å²) in [5.74, 6) is -0.229. The van der Waals surface area contributed by atoms with Crippen molar-refractivity contribution in [3.63, 3.8) is 0 Å². The summed E-state index contributed by atoms with van der Waals surface area (Å²) in [6.45, 7) is 1.51. The van der Waals surface area contributed by atoms with E-state index in [-0.39, 0.29) is 36.9 Å². The van der Waals surface area contributed by atoms with Crippen molar-refractivity contribution in [3.05, 3.63) is 0 Å². The first-order valence-electron chi connectivity index (χ1n) is 5.78. The van der Waals surface area contributed by atoms with E-state index in [0.29, 0.717) is 0 Å². The van der Waals surface area contributed by atoms with Crippen molar-refractivity contribution in [2.45, 2.75) is 38.6 Å². The number of carbonyl (C=O) groups is 2. The van der Waals surface area contributed by atoms with Crippen molar-refractivity contribution >= 4 is 11.8 Å². The van der Waals surface area contributed by atoms with Crippen molar-refractivity contribution in [2.75, 3.05) is 13.2 Å². The van der Waals surface area contributed by atoms with Crippen LogP contribution in [0.25, 0.3) is 0 Å². The van der Waals surface area contributed by atoms with E-state index in [0.717, 1.165) is 25.7 Å². The van der Waals surface area contributed by atoms with Crippen LogP contribution in [0.5, 0.6) is 0 Å². The smallest absolute Gasteiger partial charge is 0.239 e. The van der Waals surface area contributed by atoms with E-state index in [1.165, 1.54) is 6.92 Å². The molecule has 0 aliphatic heterocycles. The van der Waals surface area contributed by atoms with Crippen molar-refractivity contribution in [1.82, 2.24) is 10.6 Å². The quantitative estimate of drug-likeness (QED) is 0.623. The van der Waals surface area contributed by atoms with Crippen LogP contribution in [0.2, 0.25) is 0 Å². The van der Waals surface area contributed by atoms with Crippen LogP contribution >= 0.6 is 0 Å². The predicted octanol–water partition coefficient (Wildman–Crippen LogP) is -0.210. The molecule has 0 aromatic rings. The minimum atomic E-state index is -0.211. The van der Waals surface area contributed by atoms with Gasteiger partial charge in [-0.1, -0.05) is 12.8 Å². The Morgan fingerprint density at radius 1 is 1.31 bits per heavy atom. The number of hydrogen-bond donors (Lipinski definition) is 3. The summed E-state index contributed by atoms with van der Waals surface area (Å²) in [7, 11) is 0. The van der Waals surface area contributed by atoms with E-state index in [4.69, 9.17) is 0 Å². The Labute approximate surface area is 95.6 Å². The summed E-state index contributed by atoms with van der Waals surface area (Å²) >= 11 is 0. The summed E-state index contributed by atoms with van der Waals surface area (Å²) in [4.78, 5) is 22.1. The van der Waals surface area contributed by atoms with Crippen LogP contribution in [0, 0.1) is 5.92 Å². The number of nitrogens with one attached hydrogen (secondary N) is 2. The first-order chi connectivity index (χ1) is 7.63. The van der Waals surface area contributed by atoms with Crippen LogP contribution in [0.3, 0.4) is 0 Å². The first kappa shape index (κ1) is 13.0. The lowest BCUT2D eigenvalue weighted by Gasteiger charge is -2.30. The lowest BCUT2D eigenvalue weighted by molar-refractivity contribution is -0.125. The molecular formula is C11H20N2O3. The molecule has 0 bridgehead atoms. The molecule has 0 spiro atoms. The fourth-order valence-corrected chi connectivity index (χ4v) is 2.08. The molecule has 0 aromatic carbocycles. The van der Waals surface area contributed by atoms with Gasteiger partial charge in [-0.2, -0.15) is 0 Å². The normalized spacial score (nSPS) is 24.9. The number of rotatable bonds is 4. The average Bonchev–Trinajstić information content (AvgIpc) is 2.27. The minimum Gasteiger partial charge on any atom is -0.396 e. The molecule has 1 aliphatic rings. The molecule has 2 atom stereocenters. The predicted molar refractivity (Wildman–Crippen MR) is 59.7 cm³/mol. The lowest BCUT2D eigenvalue weighted by Crippen LogP contribution is -2.46. The maximum atomic E-state index is 11.5. The van der Waals surface area contributed by atoms with Crippen LogP contribution in [0.15, 0.2) is 0 Å². The summed E-state index contributed by atoms with van der Waals surface area (Å²) < 4.78 is 0. The van der Waals surface area contributed by atoms with Crippen LogP contribution in [0.4, 0.5) is 0 Å². The zero-order chi connectivity index (χ0) is 12.0. The standard InChI is InChI=1S/C11H20N2O3/c1-8(15)12-6-11(16)13-10-5-3-2-4-9(10)7-14/h9-10,14H,2-7H2,1H3,(H,12,15)(H,13,16). The Kier molecular flexibility index (Phi) is 5.25. The summed E-state index contributed by atoms with van der Waals surface area (Å²) in [6.07, 6.45) is 4.07. The zero-order valence-corrected chi connectivity index (χ0v) is 9.66. The van der Waals surface area contributed by atoms with Gasteiger partial charge in [0.05, 0.1) is 6.54 Å². The highest BCUT2D eigenvalue weighted by atomic mass is 16.3. The van der Waals surface area contributed by atoms with Crippen molar-refractivity contribution in [1.29, 1.82) is 0 Å². The molecule has 2 unspecified atom stereocenters. The maximum Gasteiger partial charge on any atom is 0.239 e. The molecule has 92 valence electrons. The van der Waals surface area contributed by atoms with E-state index < -0.39 is 0 Å². The van der Waals surface area contributed by atoms with Gasteiger partial charge in [-0.3, -0.25) is 9.59 Å². The number of hydrogen-bond acceptors (Lipinski definition) is 3. The largest absolute Gasteiger partial charge is 0.396 e. The molecule has 3 N–H and O–H groups in total. The van der Waals surface area contributed by atoms with Crippen molar-refractivity contribution in [2.24, 2.45) is 5.92 Å². The van der Waals surface area contributed by atoms with Gasteiger partial charge in [0, 0.05) is 25.5 Å². The first-order valence-corrected chi connectivity index (χ1v) is 5.78. The Bertz CT molecular complexity index is 256. The van der Waals surface area contributed by atoms with Crippen molar-refractivity contribution in [3.8, 4) is 0 Å². The van der Waals surface area contributed by atoms with Gasteiger partial charge >= 0.3 is 0 Å². The molecule has 1 aliphatic carbocycles. The van der Waals surface area contributed by atoms with E-state index in [1.807, 2.05) is 0 Å². The SMILES string of the molecule is CC(=O)NCC(=O)NC1CCCCC1CO. The van der Waals surface area contributed by atoms with Gasteiger partial charge in [0.2, 0.25) is 11.8 Å². The van der Waals surface area contributed by atoms with E-state index in [1.54, 1.807) is 0 Å². The van der Waals surface area contributed by atoms with Gasteiger partial charge in [-0.25, -0.2) is 0 Å². The average molecular weight is 228 g/mol. The Morgan fingerprint density at radius 3 is 2.62 bits per heavy atom. The second kappa shape index (κ2) is 6.48. The van der Waals surface area contributed by atoms with Gasteiger partial charge in [-0.15, -0.1) is 0 Å². The molecule has 5 nitrogen and oxygen atoms in total. The highest BCUT2D eigenvalue weighted by Gasteiger charge is 2.25. The molecule has 0 heterocycles. The molecule has 1 fully saturated rings. The molecular weight excluding hydrogens is 208 g/mol. The fourth-order valence-electron chi connectivity index (χ4n) is 2.08. The minimum absolute atomic E-state index is 0.0178. The second-order valence-corrected chi connectivity index (χ2v) is 4.31. The molecule has 1 rings (SSSR count). The number of amides is 2. The zero-order valence-electron chi connectivity index (χ0n) is 9.66. The molecule has 0 radical (unpaired) electrons. The monoisotopic (exact) mass is 228 g/mol. The van der Waals surface area contributed by atoms with Gasteiger partial charge in [-0.05, 0) is 12.8 Å². The van der Waals surface area contributed by atoms with Gasteiger partial charge < -0.3 is 15.7 Å². The Balaban J connectivity index is 2.33. The van der Waals surface area contributed by atoms with E-state index in [9.17, 15) is 14.7 Å². The molecule has 16 heavy (non-hydrogen) atoms. The lowest BCUT2D eigenvalue weighted by atomic mass is 9.85. The van der Waals surface area contributed by atoms with Crippen LogP contribution in [-0.4, -0.2) is 36.1 Å². The third kappa shape index (κ3) is 4.18. The summed E-state index contributed by atoms with van der Waals surface area (Å²) in [5.41, 5.74) is 0. The second-order valence-electron chi connectivity index (χ2n) is 4.31. The topological polar surface area (TPSA) is 78.4 Å². The molecule has 1 saturated carbocycles. The van der Waals surface area contributed by atoms with Gasteiger partial charge in [0.1, 0.15) is 0 Å². The maximum absolute atomic E-state index is 11.5. The van der Waals surface area contributed by atoms with Crippen LogP contribution < -0.4 is 10.6 Å². The summed E-state index contributed by atoms with van der Waals surface area (Å²) in [6, 6.07) is 0.0556. The van der Waals surface area contributed by atoms with Crippen LogP contribution in [0.1, 0.15) is 32.6 Å². The highest BCUT2D eigenvalue weighted by Crippen LogP contribution is 2.23. The Hall–Kier alpha value is -1.10. The van der Waals surface area contributed by atoms with E-state index >= 15 is 0 Å². The van der Waals surface area contributed by atoms with Crippen molar-refractivity contribution < 1.29 is 14.7 Å². The third-order valence-electron chi connectivity index (χ3n) is 2.99. The number of aliphatic hydroxyl groups excluding tert-OH is 1. The number of carbonyl (C=O) groups excluding carboxylic acids is 2. The van der Waals surface area contributed by atoms with Gasteiger partial charge in [0.15, 0.2) is 0 Å². The molecule has 5 heteroatoms. The molecule has 2 amide bonds. The highest BCUT2D eigenvalue weighted by molar-refractivity contribution is 5.83.